The predicted molar refractivity (Wildman–Crippen MR) is 108 cm³/mol. The molecule has 140 valence electrons. The van der Waals surface area contributed by atoms with E-state index < -0.39 is 0 Å². The Morgan fingerprint density at radius 1 is 1.04 bits per heavy atom. The van der Waals surface area contributed by atoms with E-state index in [1.807, 2.05) is 38.1 Å². The Balaban J connectivity index is 2.11. The third-order valence-electron chi connectivity index (χ3n) is 4.53. The number of allylic oxidation sites excluding steroid dienone is 1. The fraction of sp³-hybridized carbons (Fsp3) is 0.227. The Hall–Kier alpha value is -3.21. The van der Waals surface area contributed by atoms with Crippen LogP contribution in [0.2, 0.25) is 0 Å². The summed E-state index contributed by atoms with van der Waals surface area (Å²) in [7, 11) is 3.32. The number of nitrogens with one attached hydrogen (secondary N) is 1. The number of aryl methyl sites for hydroxylation is 1. The molecule has 3 aromatic rings. The van der Waals surface area contributed by atoms with Crippen LogP contribution in [0.1, 0.15) is 18.1 Å². The summed E-state index contributed by atoms with van der Waals surface area (Å²) in [6.07, 6.45) is 1.73. The van der Waals surface area contributed by atoms with Gasteiger partial charge in [-0.15, -0.1) is 0 Å². The van der Waals surface area contributed by atoms with Crippen LogP contribution in [0.5, 0.6) is 11.5 Å². The van der Waals surface area contributed by atoms with Crippen molar-refractivity contribution in [1.82, 2.24) is 5.16 Å². The Morgan fingerprint density at radius 2 is 1.78 bits per heavy atom. The van der Waals surface area contributed by atoms with Crippen molar-refractivity contribution >= 4 is 5.69 Å². The molecule has 1 heterocycles. The fourth-order valence-corrected chi connectivity index (χ4v) is 3.03. The van der Waals surface area contributed by atoms with Crippen molar-refractivity contribution < 1.29 is 14.0 Å². The number of benzene rings is 2. The standard InChI is InChI=1S/C22H24N2O3/c1-13(2)24-19-10-16(7-8-20(19)25-5)18-12-23-27-22(18)17-9-14(3)15(4)21(11-17)26-6/h7-12,24H,1H2,2-6H3. The Kier molecular flexibility index (Phi) is 5.21. The van der Waals surface area contributed by atoms with Gasteiger partial charge in [-0.1, -0.05) is 17.8 Å². The SMILES string of the molecule is C=C(C)Nc1cc(-c2cnoc2-c2cc(C)c(C)c(OC)c2)ccc1OC. The van der Waals surface area contributed by atoms with Gasteiger partial charge in [0.1, 0.15) is 11.5 Å². The van der Waals surface area contributed by atoms with E-state index in [0.717, 1.165) is 50.7 Å². The van der Waals surface area contributed by atoms with Crippen LogP contribution in [-0.4, -0.2) is 19.4 Å². The van der Waals surface area contributed by atoms with Gasteiger partial charge >= 0.3 is 0 Å². The summed E-state index contributed by atoms with van der Waals surface area (Å²) in [4.78, 5) is 0. The highest BCUT2D eigenvalue weighted by atomic mass is 16.5. The van der Waals surface area contributed by atoms with Crippen LogP contribution in [0.4, 0.5) is 5.69 Å². The topological polar surface area (TPSA) is 56.5 Å². The van der Waals surface area contributed by atoms with E-state index in [2.05, 4.69) is 30.0 Å². The summed E-state index contributed by atoms with van der Waals surface area (Å²) < 4.78 is 16.5. The van der Waals surface area contributed by atoms with Gasteiger partial charge in [0.2, 0.25) is 0 Å². The number of ether oxygens (including phenoxy) is 2. The molecule has 0 bridgehead atoms. The number of methoxy groups -OCH3 is 2. The summed E-state index contributed by atoms with van der Waals surface area (Å²) in [6, 6.07) is 9.96. The third-order valence-corrected chi connectivity index (χ3v) is 4.53. The molecule has 27 heavy (non-hydrogen) atoms. The van der Waals surface area contributed by atoms with E-state index in [1.54, 1.807) is 20.4 Å². The van der Waals surface area contributed by atoms with Gasteiger partial charge in [-0.25, -0.2) is 0 Å². The molecular formula is C22H24N2O3. The molecule has 0 fully saturated rings. The summed E-state index contributed by atoms with van der Waals surface area (Å²) >= 11 is 0. The molecule has 0 saturated carbocycles. The quantitative estimate of drug-likeness (QED) is 0.618. The lowest BCUT2D eigenvalue weighted by Gasteiger charge is -2.13. The highest BCUT2D eigenvalue weighted by Gasteiger charge is 2.17. The molecule has 0 atom stereocenters. The van der Waals surface area contributed by atoms with Gasteiger partial charge in [0.15, 0.2) is 5.76 Å². The number of aromatic nitrogens is 1. The number of hydrogen-bond acceptors (Lipinski definition) is 5. The molecule has 1 N–H and O–H groups in total. The molecule has 0 aliphatic carbocycles. The zero-order valence-corrected chi connectivity index (χ0v) is 16.3. The fourth-order valence-electron chi connectivity index (χ4n) is 3.03. The Bertz CT molecular complexity index is 989. The maximum Gasteiger partial charge on any atom is 0.174 e. The lowest BCUT2D eigenvalue weighted by molar-refractivity contribution is 0.410. The third kappa shape index (κ3) is 3.67. The van der Waals surface area contributed by atoms with E-state index in [4.69, 9.17) is 14.0 Å². The minimum Gasteiger partial charge on any atom is -0.496 e. The predicted octanol–water partition coefficient (Wildman–Crippen LogP) is 5.59. The van der Waals surface area contributed by atoms with E-state index in [9.17, 15) is 0 Å². The molecule has 0 spiro atoms. The molecule has 1 aromatic heterocycles. The summed E-state index contributed by atoms with van der Waals surface area (Å²) in [5, 5.41) is 7.26. The lowest BCUT2D eigenvalue weighted by Crippen LogP contribution is -1.97. The second-order valence-electron chi connectivity index (χ2n) is 6.51. The molecule has 0 radical (unpaired) electrons. The van der Waals surface area contributed by atoms with Crippen molar-refractivity contribution in [3.05, 3.63) is 59.9 Å². The molecular weight excluding hydrogens is 340 g/mol. The Morgan fingerprint density at radius 3 is 2.44 bits per heavy atom. The van der Waals surface area contributed by atoms with Crippen molar-refractivity contribution in [2.24, 2.45) is 0 Å². The number of nitrogens with zero attached hydrogens (tertiary/aromatic N) is 1. The van der Waals surface area contributed by atoms with E-state index in [-0.39, 0.29) is 0 Å². The average Bonchev–Trinajstić information content (AvgIpc) is 3.13. The minimum atomic E-state index is 0.697. The molecule has 5 nitrogen and oxygen atoms in total. The maximum atomic E-state index is 5.60. The summed E-state index contributed by atoms with van der Waals surface area (Å²) in [5.41, 5.74) is 6.70. The highest BCUT2D eigenvalue weighted by molar-refractivity contribution is 5.82. The molecule has 0 unspecified atom stereocenters. The van der Waals surface area contributed by atoms with Gasteiger partial charge in [0, 0.05) is 16.8 Å². The zero-order chi connectivity index (χ0) is 19.6. The lowest BCUT2D eigenvalue weighted by atomic mass is 9.98. The maximum absolute atomic E-state index is 5.60. The van der Waals surface area contributed by atoms with Crippen LogP contribution < -0.4 is 14.8 Å². The minimum absolute atomic E-state index is 0.697. The molecule has 3 rings (SSSR count). The number of hydrogen-bond donors (Lipinski definition) is 1. The molecule has 2 aromatic carbocycles. The average molecular weight is 364 g/mol. The largest absolute Gasteiger partial charge is 0.496 e. The van der Waals surface area contributed by atoms with E-state index >= 15 is 0 Å². The summed E-state index contributed by atoms with van der Waals surface area (Å²) in [6.45, 7) is 9.91. The van der Waals surface area contributed by atoms with Crippen LogP contribution in [0.3, 0.4) is 0 Å². The highest BCUT2D eigenvalue weighted by Crippen LogP contribution is 2.38. The van der Waals surface area contributed by atoms with Gasteiger partial charge in [-0.2, -0.15) is 0 Å². The van der Waals surface area contributed by atoms with Crippen molar-refractivity contribution in [3.8, 4) is 33.9 Å². The van der Waals surface area contributed by atoms with Gasteiger partial charge in [-0.3, -0.25) is 0 Å². The monoisotopic (exact) mass is 364 g/mol. The van der Waals surface area contributed by atoms with Crippen molar-refractivity contribution in [3.63, 3.8) is 0 Å². The summed E-state index contributed by atoms with van der Waals surface area (Å²) in [5.74, 6) is 2.27. The normalized spacial score (nSPS) is 10.6. The van der Waals surface area contributed by atoms with Crippen molar-refractivity contribution in [2.45, 2.75) is 20.8 Å². The molecule has 0 amide bonds. The molecule has 0 aliphatic heterocycles. The van der Waals surface area contributed by atoms with Crippen LogP contribution in [-0.2, 0) is 0 Å². The number of anilines is 1. The smallest absolute Gasteiger partial charge is 0.174 e. The van der Waals surface area contributed by atoms with Crippen LogP contribution >= 0.6 is 0 Å². The van der Waals surface area contributed by atoms with E-state index in [1.165, 1.54) is 0 Å². The van der Waals surface area contributed by atoms with Gasteiger partial charge in [-0.05, 0) is 61.7 Å². The molecule has 0 aliphatic rings. The zero-order valence-electron chi connectivity index (χ0n) is 16.3. The second-order valence-corrected chi connectivity index (χ2v) is 6.51. The Labute approximate surface area is 159 Å². The van der Waals surface area contributed by atoms with Crippen LogP contribution in [0.15, 0.2) is 53.3 Å². The second kappa shape index (κ2) is 7.58. The van der Waals surface area contributed by atoms with Crippen LogP contribution in [0, 0.1) is 13.8 Å². The first kappa shape index (κ1) is 18.6. The van der Waals surface area contributed by atoms with Gasteiger partial charge < -0.3 is 19.3 Å². The van der Waals surface area contributed by atoms with Crippen molar-refractivity contribution in [1.29, 1.82) is 0 Å². The number of rotatable bonds is 6. The van der Waals surface area contributed by atoms with Crippen molar-refractivity contribution in [2.75, 3.05) is 19.5 Å². The first-order valence-corrected chi connectivity index (χ1v) is 8.65. The molecule has 0 saturated heterocycles. The first-order chi connectivity index (χ1) is 12.9. The first-order valence-electron chi connectivity index (χ1n) is 8.65. The van der Waals surface area contributed by atoms with Gasteiger partial charge in [0.25, 0.3) is 0 Å². The molecule has 5 heteroatoms. The van der Waals surface area contributed by atoms with Crippen LogP contribution in [0.25, 0.3) is 22.5 Å². The van der Waals surface area contributed by atoms with Gasteiger partial charge in [0.05, 0.1) is 26.1 Å². The van der Waals surface area contributed by atoms with E-state index in [0.29, 0.717) is 5.76 Å².